The molecule has 0 unspecified atom stereocenters. The van der Waals surface area contributed by atoms with E-state index in [1.165, 1.54) is 141 Å². The van der Waals surface area contributed by atoms with Gasteiger partial charge in [-0.05, 0) is 154 Å². The molecule has 0 fully saturated rings. The van der Waals surface area contributed by atoms with E-state index in [-0.39, 0.29) is 0 Å². The van der Waals surface area contributed by atoms with Gasteiger partial charge in [-0.15, -0.1) is 5.73 Å². The Balaban J connectivity index is 1.18. The third-order valence-electron chi connectivity index (χ3n) is 15.1. The van der Waals surface area contributed by atoms with Crippen LogP contribution in [-0.4, -0.2) is 0 Å². The summed E-state index contributed by atoms with van der Waals surface area (Å²) < 4.78 is 0. The average molecular weight is 869 g/mol. The van der Waals surface area contributed by atoms with E-state index in [2.05, 4.69) is 248 Å². The Labute approximate surface area is 398 Å². The van der Waals surface area contributed by atoms with Gasteiger partial charge in [0, 0.05) is 22.3 Å². The molecule has 0 N–H and O–H groups in total. The van der Waals surface area contributed by atoms with E-state index in [1.54, 1.807) is 0 Å². The molecule has 0 saturated heterocycles. The second-order valence-corrected chi connectivity index (χ2v) is 18.7. The SMILES string of the molecule is C1=C(c2ccccc2-c2ccccc2)c2c(c(-c3ccccc3)c3c(c2-c2ccccc2)=c2ccc4c5c(ccc=3c25)=c2cc3cc5ccccc5cc3cc2=4)C=1c1ccccc1-c1ccccc1. The molecule has 15 rings (SSSR count). The fourth-order valence-electron chi connectivity index (χ4n) is 12.2. The van der Waals surface area contributed by atoms with Gasteiger partial charge in [0.25, 0.3) is 0 Å². The van der Waals surface area contributed by atoms with Crippen molar-refractivity contribution in [2.24, 2.45) is 0 Å². The monoisotopic (exact) mass is 868 g/mol. The Kier molecular flexibility index (Phi) is 8.13. The molecule has 0 aliphatic heterocycles. The maximum absolute atomic E-state index is 4.28. The Bertz CT molecular complexity index is 4410. The molecule has 0 saturated carbocycles. The minimum Gasteiger partial charge on any atom is -0.102 e. The van der Waals surface area contributed by atoms with Gasteiger partial charge in [-0.1, -0.05) is 218 Å². The van der Waals surface area contributed by atoms with Crippen molar-refractivity contribution in [1.82, 2.24) is 0 Å². The summed E-state index contributed by atoms with van der Waals surface area (Å²) in [6, 6.07) is 90.1. The van der Waals surface area contributed by atoms with Gasteiger partial charge in [-0.3, -0.25) is 0 Å². The van der Waals surface area contributed by atoms with E-state index >= 15 is 0 Å². The molecular formula is C69H40. The summed E-state index contributed by atoms with van der Waals surface area (Å²) in [4.78, 5) is 0. The Morgan fingerprint density at radius 2 is 0.551 bits per heavy atom. The quantitative estimate of drug-likeness (QED) is 0.115. The van der Waals surface area contributed by atoms with E-state index < -0.39 is 0 Å². The zero-order valence-corrected chi connectivity index (χ0v) is 37.6. The van der Waals surface area contributed by atoms with Crippen molar-refractivity contribution in [3.63, 3.8) is 0 Å². The van der Waals surface area contributed by atoms with E-state index in [1.807, 2.05) is 0 Å². The van der Waals surface area contributed by atoms with Crippen molar-refractivity contribution in [3.8, 4) is 44.5 Å². The topological polar surface area (TPSA) is 0 Å². The van der Waals surface area contributed by atoms with E-state index in [9.17, 15) is 0 Å². The molecule has 0 spiro atoms. The lowest BCUT2D eigenvalue weighted by atomic mass is 9.79. The van der Waals surface area contributed by atoms with E-state index in [0.717, 1.165) is 11.1 Å². The van der Waals surface area contributed by atoms with Crippen LogP contribution in [0.2, 0.25) is 0 Å². The first-order valence-corrected chi connectivity index (χ1v) is 24.0. The second kappa shape index (κ2) is 14.7. The minimum absolute atomic E-state index is 1.11. The minimum atomic E-state index is 1.11. The van der Waals surface area contributed by atoms with Crippen LogP contribution in [0.5, 0.6) is 0 Å². The van der Waals surface area contributed by atoms with Crippen LogP contribution in [0.1, 0.15) is 22.3 Å². The second-order valence-electron chi connectivity index (χ2n) is 18.7. The van der Waals surface area contributed by atoms with Gasteiger partial charge in [0.1, 0.15) is 0 Å². The number of rotatable bonds is 6. The highest BCUT2D eigenvalue weighted by Crippen LogP contribution is 2.53. The highest BCUT2D eigenvalue weighted by molar-refractivity contribution is 6.11. The van der Waals surface area contributed by atoms with Gasteiger partial charge in [0.15, 0.2) is 0 Å². The van der Waals surface area contributed by atoms with Crippen LogP contribution < -0.4 is 0 Å². The fourth-order valence-corrected chi connectivity index (χ4v) is 12.2. The molecule has 3 aliphatic carbocycles. The lowest BCUT2D eigenvalue weighted by Crippen LogP contribution is -2.03. The average Bonchev–Trinajstić information content (AvgIpc) is 4.07. The van der Waals surface area contributed by atoms with Gasteiger partial charge in [-0.25, -0.2) is 0 Å². The van der Waals surface area contributed by atoms with Gasteiger partial charge < -0.3 is 0 Å². The summed E-state index contributed by atoms with van der Waals surface area (Å²) in [5.74, 6) is 0. The number of benzene rings is 12. The van der Waals surface area contributed by atoms with Gasteiger partial charge in [0.05, 0.1) is 0 Å². The number of fused-ring (bicyclic) bond motifs is 5. The molecule has 0 nitrogen and oxygen atoms in total. The van der Waals surface area contributed by atoms with Crippen LogP contribution in [0, 0.1) is 41.7 Å². The first-order valence-electron chi connectivity index (χ1n) is 24.0. The van der Waals surface area contributed by atoms with Crippen LogP contribution in [0.15, 0.2) is 248 Å². The standard InChI is InChI=1S/C69H40/c1-5-19-42(20-6-1)50-29-15-17-31-52(50)60-41-61(53-32-18-16-30-51(53)43-21-7-2-8-22-43)69-63(45-25-11-4-12-26-45)67-57-36-34-55-59-40-49-38-47-28-14-13-27-46(47)37-48(49)39-58(59)54-33-35-56(65(57)64(54)55)66(67)62(68(60)69)44-23-9-3-10-24-44/h1-40H. The first-order chi connectivity index (χ1) is 34.3. The Morgan fingerprint density at radius 3 is 0.971 bits per heavy atom. The summed E-state index contributed by atoms with van der Waals surface area (Å²) in [5, 5.41) is 18.2. The predicted octanol–water partition coefficient (Wildman–Crippen LogP) is 17.1. The van der Waals surface area contributed by atoms with E-state index in [4.69, 9.17) is 0 Å². The van der Waals surface area contributed by atoms with Gasteiger partial charge >= 0.3 is 0 Å². The third kappa shape index (κ3) is 5.53. The van der Waals surface area contributed by atoms with Crippen LogP contribution in [0.4, 0.5) is 0 Å². The molecule has 12 aromatic rings. The molecule has 3 aliphatic rings. The van der Waals surface area contributed by atoms with Crippen LogP contribution in [0.3, 0.4) is 0 Å². The summed E-state index contributed by atoms with van der Waals surface area (Å²) in [7, 11) is 0. The Morgan fingerprint density at radius 1 is 0.217 bits per heavy atom. The highest BCUT2D eigenvalue weighted by atomic mass is 14.3. The molecule has 0 atom stereocenters. The van der Waals surface area contributed by atoms with Crippen molar-refractivity contribution < 1.29 is 0 Å². The smallest absolute Gasteiger partial charge is 0.0335 e. The zero-order valence-electron chi connectivity index (χ0n) is 37.6. The molecule has 0 heterocycles. The van der Waals surface area contributed by atoms with Crippen LogP contribution in [-0.2, 0) is 0 Å². The maximum atomic E-state index is 4.28. The predicted molar refractivity (Wildman–Crippen MR) is 286 cm³/mol. The summed E-state index contributed by atoms with van der Waals surface area (Å²) in [6.45, 7) is 0. The molecule has 0 aromatic heterocycles. The maximum Gasteiger partial charge on any atom is 0.0335 e. The molecule has 316 valence electrons. The lowest BCUT2D eigenvalue weighted by molar-refractivity contribution is 1.41. The van der Waals surface area contributed by atoms with Crippen molar-refractivity contribution >= 4 is 43.5 Å². The first kappa shape index (κ1) is 38.1. The summed E-state index contributed by atoms with van der Waals surface area (Å²) in [5.41, 5.74) is 20.9. The lowest BCUT2D eigenvalue weighted by Gasteiger charge is -2.22. The molecule has 0 heteroatoms. The molecule has 69 heavy (non-hydrogen) atoms. The van der Waals surface area contributed by atoms with Crippen molar-refractivity contribution in [2.75, 3.05) is 0 Å². The zero-order chi connectivity index (χ0) is 45.2. The molecule has 0 amide bonds. The fraction of sp³-hybridized carbons (Fsp3) is 0. The molecule has 0 radical (unpaired) electrons. The normalized spacial score (nSPS) is 12.6. The van der Waals surface area contributed by atoms with Gasteiger partial charge in [-0.2, -0.15) is 0 Å². The highest BCUT2D eigenvalue weighted by Gasteiger charge is 2.33. The van der Waals surface area contributed by atoms with Crippen LogP contribution in [0.25, 0.3) is 88.0 Å². The van der Waals surface area contributed by atoms with Crippen LogP contribution >= 0.6 is 0 Å². The molecular weight excluding hydrogens is 829 g/mol. The van der Waals surface area contributed by atoms with Crippen molar-refractivity contribution in [3.05, 3.63) is 312 Å². The molecule has 12 aromatic carbocycles. The largest absolute Gasteiger partial charge is 0.102 e. The van der Waals surface area contributed by atoms with Crippen molar-refractivity contribution in [1.29, 1.82) is 0 Å². The third-order valence-corrected chi connectivity index (χ3v) is 15.1. The number of hydrogen-bond donors (Lipinski definition) is 0. The Hall–Kier alpha value is -9.06. The van der Waals surface area contributed by atoms with Crippen molar-refractivity contribution in [2.45, 2.75) is 0 Å². The summed E-state index contributed by atoms with van der Waals surface area (Å²) >= 11 is 0. The van der Waals surface area contributed by atoms with Gasteiger partial charge in [0.2, 0.25) is 0 Å². The molecule has 0 bridgehead atoms. The van der Waals surface area contributed by atoms with E-state index in [0.29, 0.717) is 0 Å². The number of hydrogen-bond acceptors (Lipinski definition) is 0. The summed E-state index contributed by atoms with van der Waals surface area (Å²) in [6.07, 6.45) is 0.